The van der Waals surface area contributed by atoms with Crippen LogP contribution in [-0.4, -0.2) is 29.6 Å². The third kappa shape index (κ3) is 4.42. The maximum atomic E-state index is 13.2. The number of carbonyl (C=O) groups is 3. The second-order valence-electron chi connectivity index (χ2n) is 8.01. The molecule has 4 atom stereocenters. The number of rotatable bonds is 7. The first-order valence-corrected chi connectivity index (χ1v) is 11.3. The molecule has 6 nitrogen and oxygen atoms in total. The fourth-order valence-corrected chi connectivity index (χ4v) is 5.74. The maximum absolute atomic E-state index is 13.2. The number of esters is 1. The second-order valence-corrected chi connectivity index (χ2v) is 9.14. The van der Waals surface area contributed by atoms with Gasteiger partial charge in [0.25, 0.3) is 0 Å². The van der Waals surface area contributed by atoms with E-state index in [4.69, 9.17) is 4.74 Å². The van der Waals surface area contributed by atoms with Crippen LogP contribution in [0.4, 0.5) is 5.00 Å². The molecule has 4 unspecified atom stereocenters. The molecule has 7 heteroatoms. The average Bonchev–Trinajstić information content (AvgIpc) is 3.16. The van der Waals surface area contributed by atoms with E-state index in [1.54, 1.807) is 13.0 Å². The van der Waals surface area contributed by atoms with Crippen LogP contribution in [0.15, 0.2) is 48.6 Å². The van der Waals surface area contributed by atoms with E-state index in [2.05, 4.69) is 5.32 Å². The third-order valence-corrected chi connectivity index (χ3v) is 7.12. The number of carboxylic acids is 1. The predicted molar refractivity (Wildman–Crippen MR) is 118 cm³/mol. The average molecular weight is 440 g/mol. The molecule has 5 rings (SSSR count). The molecule has 1 aromatic carbocycles. The zero-order valence-electron chi connectivity index (χ0n) is 17.2. The van der Waals surface area contributed by atoms with Crippen LogP contribution >= 0.6 is 11.3 Å². The minimum Gasteiger partial charge on any atom is -0.481 e. The van der Waals surface area contributed by atoms with Crippen LogP contribution < -0.4 is 5.32 Å². The first-order valence-electron chi connectivity index (χ1n) is 10.5. The molecule has 3 aliphatic carbocycles. The topological polar surface area (TPSA) is 92.7 Å². The molecule has 2 aromatic rings. The summed E-state index contributed by atoms with van der Waals surface area (Å²) in [4.78, 5) is 38.6. The van der Waals surface area contributed by atoms with Crippen molar-refractivity contribution < 1.29 is 24.2 Å². The fraction of sp³-hybridized carbons (Fsp3) is 0.375. The molecule has 162 valence electrons. The number of fused-ring (bicyclic) bond motifs is 2. The largest absolute Gasteiger partial charge is 0.481 e. The van der Waals surface area contributed by atoms with E-state index in [1.807, 2.05) is 42.5 Å². The van der Waals surface area contributed by atoms with E-state index in [9.17, 15) is 19.5 Å². The monoisotopic (exact) mass is 439 g/mol. The standard InChI is InChI=1S/C24H25NO5S/c1-2-30-24(29)18-13-17(12-14-6-4-3-5-7-14)31-22(18)25-21(26)19-15-8-10-16(11-9-15)20(19)23(27)28/h3-8,10,13,15-16,19-20H,2,9,11-12H2,1H3,(H,25,26)(H,27,28). The first kappa shape index (κ1) is 21.3. The van der Waals surface area contributed by atoms with Gasteiger partial charge in [0.1, 0.15) is 5.00 Å². The minimum absolute atomic E-state index is 0.0964. The van der Waals surface area contributed by atoms with Crippen molar-refractivity contribution in [3.8, 4) is 0 Å². The van der Waals surface area contributed by atoms with E-state index in [0.717, 1.165) is 23.3 Å². The van der Waals surface area contributed by atoms with Crippen molar-refractivity contribution in [2.75, 3.05) is 11.9 Å². The van der Waals surface area contributed by atoms with Crippen molar-refractivity contribution in [2.45, 2.75) is 26.2 Å². The molecule has 1 heterocycles. The Bertz CT molecular complexity index is 1010. The molecular weight excluding hydrogens is 414 g/mol. The normalized spacial score (nSPS) is 24.0. The summed E-state index contributed by atoms with van der Waals surface area (Å²) in [6, 6.07) is 11.6. The minimum atomic E-state index is -0.944. The van der Waals surface area contributed by atoms with Crippen molar-refractivity contribution in [3.63, 3.8) is 0 Å². The van der Waals surface area contributed by atoms with Gasteiger partial charge in [-0.15, -0.1) is 11.3 Å². The second kappa shape index (κ2) is 9.06. The van der Waals surface area contributed by atoms with Crippen LogP contribution in [0.1, 0.15) is 40.6 Å². The quantitative estimate of drug-likeness (QED) is 0.494. The summed E-state index contributed by atoms with van der Waals surface area (Å²) in [5, 5.41) is 13.0. The maximum Gasteiger partial charge on any atom is 0.341 e. The summed E-state index contributed by atoms with van der Waals surface area (Å²) in [5.74, 6) is -3.38. The molecule has 0 aliphatic heterocycles. The van der Waals surface area contributed by atoms with Crippen LogP contribution in [-0.2, 0) is 20.7 Å². The number of anilines is 1. The van der Waals surface area contributed by atoms with E-state index < -0.39 is 23.8 Å². The molecule has 2 N–H and O–H groups in total. The Morgan fingerprint density at radius 3 is 2.39 bits per heavy atom. The number of allylic oxidation sites excluding steroid dienone is 2. The van der Waals surface area contributed by atoms with Crippen molar-refractivity contribution in [3.05, 3.63) is 64.6 Å². The third-order valence-electron chi connectivity index (χ3n) is 6.07. The molecule has 2 bridgehead atoms. The Morgan fingerprint density at radius 2 is 1.77 bits per heavy atom. The van der Waals surface area contributed by atoms with Gasteiger partial charge in [-0.1, -0.05) is 42.5 Å². The zero-order valence-corrected chi connectivity index (χ0v) is 18.1. The molecule has 1 aromatic heterocycles. The van der Waals surface area contributed by atoms with Gasteiger partial charge in [0.05, 0.1) is 24.0 Å². The number of hydrogen-bond acceptors (Lipinski definition) is 5. The van der Waals surface area contributed by atoms with Gasteiger partial charge >= 0.3 is 11.9 Å². The number of hydrogen-bond donors (Lipinski definition) is 2. The molecule has 3 aliphatic rings. The Morgan fingerprint density at radius 1 is 1.10 bits per heavy atom. The smallest absolute Gasteiger partial charge is 0.341 e. The van der Waals surface area contributed by atoms with E-state index >= 15 is 0 Å². The molecule has 1 fully saturated rings. The predicted octanol–water partition coefficient (Wildman–Crippen LogP) is 4.37. The number of carbonyl (C=O) groups excluding carboxylic acids is 2. The number of carboxylic acid groups (broad SMARTS) is 1. The molecule has 31 heavy (non-hydrogen) atoms. The van der Waals surface area contributed by atoms with Crippen molar-refractivity contribution in [1.29, 1.82) is 0 Å². The summed E-state index contributed by atoms with van der Waals surface area (Å²) in [5.41, 5.74) is 1.41. The summed E-state index contributed by atoms with van der Waals surface area (Å²) < 4.78 is 5.18. The number of aliphatic carboxylic acids is 1. The van der Waals surface area contributed by atoms with E-state index in [0.29, 0.717) is 17.0 Å². The van der Waals surface area contributed by atoms with Gasteiger partial charge < -0.3 is 15.2 Å². The van der Waals surface area contributed by atoms with Crippen molar-refractivity contribution in [2.24, 2.45) is 23.7 Å². The van der Waals surface area contributed by atoms with Gasteiger partial charge in [-0.3, -0.25) is 9.59 Å². The molecule has 0 spiro atoms. The van der Waals surface area contributed by atoms with E-state index in [-0.39, 0.29) is 24.3 Å². The Kier molecular flexibility index (Phi) is 6.23. The number of ether oxygens (including phenoxy) is 1. The SMILES string of the molecule is CCOC(=O)c1cc(Cc2ccccc2)sc1NC(=O)C1C2C=CC(CC2)C1C(=O)O. The van der Waals surface area contributed by atoms with Gasteiger partial charge in [0.15, 0.2) is 0 Å². The highest BCUT2D eigenvalue weighted by Gasteiger charge is 2.48. The van der Waals surface area contributed by atoms with Gasteiger partial charge in [-0.2, -0.15) is 0 Å². The number of nitrogens with one attached hydrogen (secondary N) is 1. The fourth-order valence-electron chi connectivity index (χ4n) is 4.66. The first-order chi connectivity index (χ1) is 15.0. The number of thiophene rings is 1. The highest BCUT2D eigenvalue weighted by atomic mass is 32.1. The Hall–Kier alpha value is -2.93. The van der Waals surface area contributed by atoms with Crippen LogP contribution in [0, 0.1) is 23.7 Å². The highest BCUT2D eigenvalue weighted by Crippen LogP contribution is 2.45. The molecular formula is C24H25NO5S. The lowest BCUT2D eigenvalue weighted by atomic mass is 9.62. The summed E-state index contributed by atoms with van der Waals surface area (Å²) in [6.07, 6.45) is 6.12. The lowest BCUT2D eigenvalue weighted by Crippen LogP contribution is -2.47. The lowest BCUT2D eigenvalue weighted by molar-refractivity contribution is -0.151. The number of benzene rings is 1. The Labute approximate surface area is 184 Å². The van der Waals surface area contributed by atoms with Crippen LogP contribution in [0.25, 0.3) is 0 Å². The van der Waals surface area contributed by atoms with Gasteiger partial charge in [0.2, 0.25) is 5.91 Å². The van der Waals surface area contributed by atoms with Crippen LogP contribution in [0.2, 0.25) is 0 Å². The van der Waals surface area contributed by atoms with Gasteiger partial charge in [0, 0.05) is 11.3 Å². The van der Waals surface area contributed by atoms with Gasteiger partial charge in [-0.05, 0) is 43.2 Å². The van der Waals surface area contributed by atoms with Crippen LogP contribution in [0.3, 0.4) is 0 Å². The van der Waals surface area contributed by atoms with Gasteiger partial charge in [-0.25, -0.2) is 4.79 Å². The summed E-state index contributed by atoms with van der Waals surface area (Å²) in [7, 11) is 0. The number of amides is 1. The molecule has 1 saturated carbocycles. The molecule has 0 radical (unpaired) electrons. The summed E-state index contributed by atoms with van der Waals surface area (Å²) in [6.45, 7) is 1.96. The molecule has 0 saturated heterocycles. The highest BCUT2D eigenvalue weighted by molar-refractivity contribution is 7.16. The van der Waals surface area contributed by atoms with E-state index in [1.165, 1.54) is 11.3 Å². The summed E-state index contributed by atoms with van der Waals surface area (Å²) >= 11 is 1.33. The van der Waals surface area contributed by atoms with Crippen molar-refractivity contribution in [1.82, 2.24) is 0 Å². The lowest BCUT2D eigenvalue weighted by Gasteiger charge is -2.41. The molecule has 1 amide bonds. The zero-order chi connectivity index (χ0) is 22.0. The van der Waals surface area contributed by atoms with Crippen LogP contribution in [0.5, 0.6) is 0 Å². The van der Waals surface area contributed by atoms with Crippen molar-refractivity contribution >= 4 is 34.2 Å². The Balaban J connectivity index is 1.60.